The fourth-order valence-corrected chi connectivity index (χ4v) is 1.83. The van der Waals surface area contributed by atoms with E-state index in [1.54, 1.807) is 55.5 Å². The number of aldehydes is 1. The zero-order valence-corrected chi connectivity index (χ0v) is 11.9. The number of carbonyl (C=O) groups excluding carboxylic acids is 2. The molecular formula is C17H14N2O3. The van der Waals surface area contributed by atoms with Gasteiger partial charge in [-0.2, -0.15) is 5.26 Å². The molecule has 1 amide bonds. The largest absolute Gasteiger partial charge is 0.481 e. The number of benzene rings is 2. The Kier molecular flexibility index (Phi) is 4.89. The average Bonchev–Trinajstić information content (AvgIpc) is 2.55. The highest BCUT2D eigenvalue weighted by Crippen LogP contribution is 2.15. The van der Waals surface area contributed by atoms with Gasteiger partial charge in [-0.3, -0.25) is 9.59 Å². The number of carbonyl (C=O) groups is 2. The Bertz CT molecular complexity index is 735. The number of nitriles is 1. The van der Waals surface area contributed by atoms with Crippen LogP contribution >= 0.6 is 0 Å². The molecule has 22 heavy (non-hydrogen) atoms. The monoisotopic (exact) mass is 294 g/mol. The molecule has 0 aromatic heterocycles. The summed E-state index contributed by atoms with van der Waals surface area (Å²) in [7, 11) is 0. The maximum atomic E-state index is 12.1. The molecule has 0 bridgehead atoms. The maximum absolute atomic E-state index is 12.1. The van der Waals surface area contributed by atoms with E-state index in [1.165, 1.54) is 0 Å². The van der Waals surface area contributed by atoms with Crippen molar-refractivity contribution in [2.75, 3.05) is 5.32 Å². The van der Waals surface area contributed by atoms with Crippen molar-refractivity contribution in [1.82, 2.24) is 0 Å². The molecule has 0 radical (unpaired) electrons. The van der Waals surface area contributed by atoms with Crippen LogP contribution in [-0.4, -0.2) is 18.3 Å². The van der Waals surface area contributed by atoms with E-state index in [1.807, 2.05) is 6.07 Å². The van der Waals surface area contributed by atoms with Crippen LogP contribution in [0.4, 0.5) is 5.69 Å². The van der Waals surface area contributed by atoms with Crippen molar-refractivity contribution >= 4 is 17.9 Å². The lowest BCUT2D eigenvalue weighted by Crippen LogP contribution is -2.30. The first kappa shape index (κ1) is 15.3. The molecular weight excluding hydrogens is 280 g/mol. The molecule has 0 spiro atoms. The molecule has 2 aromatic carbocycles. The molecule has 5 heteroatoms. The van der Waals surface area contributed by atoms with Crippen molar-refractivity contribution in [2.24, 2.45) is 0 Å². The number of amides is 1. The number of nitrogens with zero attached hydrogens (tertiary/aromatic N) is 1. The summed E-state index contributed by atoms with van der Waals surface area (Å²) >= 11 is 0. The SMILES string of the molecule is C[C@@H](Oc1cccc(C=O)c1)C(=O)Nc1cccc(C#N)c1. The third-order valence-electron chi connectivity index (χ3n) is 2.94. The fourth-order valence-electron chi connectivity index (χ4n) is 1.83. The predicted molar refractivity (Wildman–Crippen MR) is 81.7 cm³/mol. The van der Waals surface area contributed by atoms with Gasteiger partial charge in [-0.25, -0.2) is 0 Å². The summed E-state index contributed by atoms with van der Waals surface area (Å²) in [5, 5.41) is 11.5. The van der Waals surface area contributed by atoms with E-state index in [0.29, 0.717) is 28.8 Å². The molecule has 0 saturated carbocycles. The van der Waals surface area contributed by atoms with Gasteiger partial charge in [0.25, 0.3) is 5.91 Å². The highest BCUT2D eigenvalue weighted by Gasteiger charge is 2.15. The zero-order valence-electron chi connectivity index (χ0n) is 11.9. The van der Waals surface area contributed by atoms with E-state index in [0.717, 1.165) is 0 Å². The Morgan fingerprint density at radius 2 is 2.05 bits per heavy atom. The molecule has 5 nitrogen and oxygen atoms in total. The summed E-state index contributed by atoms with van der Waals surface area (Å²) in [6.45, 7) is 1.61. The van der Waals surface area contributed by atoms with Gasteiger partial charge < -0.3 is 10.1 Å². The molecule has 0 heterocycles. The van der Waals surface area contributed by atoms with Crippen LogP contribution in [0, 0.1) is 11.3 Å². The standard InChI is InChI=1S/C17H14N2O3/c1-12(22-16-7-3-5-14(9-16)11-20)17(21)19-15-6-2-4-13(8-15)10-18/h2-9,11-12H,1H3,(H,19,21)/t12-/m1/s1. The second-order valence-electron chi connectivity index (χ2n) is 4.63. The number of hydrogen-bond acceptors (Lipinski definition) is 4. The number of anilines is 1. The number of ether oxygens (including phenoxy) is 1. The summed E-state index contributed by atoms with van der Waals surface area (Å²) in [4.78, 5) is 22.8. The Hall–Kier alpha value is -3.13. The van der Waals surface area contributed by atoms with Gasteiger partial charge >= 0.3 is 0 Å². The molecule has 0 fully saturated rings. The molecule has 1 N–H and O–H groups in total. The van der Waals surface area contributed by atoms with Crippen molar-refractivity contribution in [1.29, 1.82) is 5.26 Å². The second-order valence-corrected chi connectivity index (χ2v) is 4.63. The van der Waals surface area contributed by atoms with Gasteiger partial charge in [-0.1, -0.05) is 18.2 Å². The fraction of sp³-hybridized carbons (Fsp3) is 0.118. The maximum Gasteiger partial charge on any atom is 0.265 e. The highest BCUT2D eigenvalue weighted by molar-refractivity contribution is 5.94. The molecule has 0 unspecified atom stereocenters. The molecule has 2 rings (SSSR count). The van der Waals surface area contributed by atoms with Crippen LogP contribution in [0.5, 0.6) is 5.75 Å². The van der Waals surface area contributed by atoms with Crippen molar-refractivity contribution in [2.45, 2.75) is 13.0 Å². The minimum atomic E-state index is -0.743. The summed E-state index contributed by atoms with van der Waals surface area (Å²) < 4.78 is 5.51. The van der Waals surface area contributed by atoms with Crippen LogP contribution in [0.15, 0.2) is 48.5 Å². The Morgan fingerprint density at radius 3 is 2.77 bits per heavy atom. The lowest BCUT2D eigenvalue weighted by atomic mass is 10.2. The van der Waals surface area contributed by atoms with Gasteiger partial charge in [-0.15, -0.1) is 0 Å². The van der Waals surface area contributed by atoms with Crippen molar-refractivity contribution in [3.8, 4) is 11.8 Å². The number of rotatable bonds is 5. The topological polar surface area (TPSA) is 79.2 Å². The number of nitrogens with one attached hydrogen (secondary N) is 1. The molecule has 110 valence electrons. The van der Waals surface area contributed by atoms with Crippen molar-refractivity contribution in [3.05, 3.63) is 59.7 Å². The first-order valence-corrected chi connectivity index (χ1v) is 6.65. The van der Waals surface area contributed by atoms with E-state index in [9.17, 15) is 9.59 Å². The second kappa shape index (κ2) is 7.04. The smallest absolute Gasteiger partial charge is 0.265 e. The van der Waals surface area contributed by atoms with Crippen molar-refractivity contribution < 1.29 is 14.3 Å². The minimum Gasteiger partial charge on any atom is -0.481 e. The summed E-state index contributed by atoms with van der Waals surface area (Å²) in [6.07, 6.45) is -0.0296. The minimum absolute atomic E-state index is 0.341. The predicted octanol–water partition coefficient (Wildman–Crippen LogP) is 2.78. The Morgan fingerprint density at radius 1 is 1.27 bits per heavy atom. The highest BCUT2D eigenvalue weighted by atomic mass is 16.5. The van der Waals surface area contributed by atoms with E-state index < -0.39 is 6.10 Å². The van der Waals surface area contributed by atoms with Crippen LogP contribution < -0.4 is 10.1 Å². The van der Waals surface area contributed by atoms with Crippen LogP contribution in [0.3, 0.4) is 0 Å². The van der Waals surface area contributed by atoms with Gasteiger partial charge in [0.2, 0.25) is 0 Å². The van der Waals surface area contributed by atoms with E-state index >= 15 is 0 Å². The van der Waals surface area contributed by atoms with Gasteiger partial charge in [-0.05, 0) is 37.3 Å². The van der Waals surface area contributed by atoms with Gasteiger partial charge in [0.05, 0.1) is 11.6 Å². The van der Waals surface area contributed by atoms with Gasteiger partial charge in [0.1, 0.15) is 12.0 Å². The van der Waals surface area contributed by atoms with Crippen LogP contribution in [0.25, 0.3) is 0 Å². The Labute approximate surface area is 128 Å². The van der Waals surface area contributed by atoms with Gasteiger partial charge in [0, 0.05) is 11.3 Å². The van der Waals surface area contributed by atoms with E-state index in [2.05, 4.69) is 5.32 Å². The summed E-state index contributed by atoms with van der Waals surface area (Å²) in [5.74, 6) is 0.102. The summed E-state index contributed by atoms with van der Waals surface area (Å²) in [5.41, 5.74) is 1.47. The lowest BCUT2D eigenvalue weighted by molar-refractivity contribution is -0.122. The van der Waals surface area contributed by atoms with Gasteiger partial charge in [0.15, 0.2) is 6.10 Å². The molecule has 0 aliphatic rings. The summed E-state index contributed by atoms with van der Waals surface area (Å²) in [6, 6.07) is 15.2. The quantitative estimate of drug-likeness (QED) is 0.860. The number of hydrogen-bond donors (Lipinski definition) is 1. The molecule has 0 aliphatic heterocycles. The lowest BCUT2D eigenvalue weighted by Gasteiger charge is -2.15. The molecule has 1 atom stereocenters. The molecule has 0 saturated heterocycles. The van der Waals surface area contributed by atoms with Crippen LogP contribution in [0.2, 0.25) is 0 Å². The first-order valence-electron chi connectivity index (χ1n) is 6.65. The normalized spacial score (nSPS) is 11.1. The third kappa shape index (κ3) is 3.93. The van der Waals surface area contributed by atoms with Crippen LogP contribution in [0.1, 0.15) is 22.8 Å². The molecule has 2 aromatic rings. The average molecular weight is 294 g/mol. The van der Waals surface area contributed by atoms with E-state index in [4.69, 9.17) is 10.00 Å². The van der Waals surface area contributed by atoms with E-state index in [-0.39, 0.29) is 5.91 Å². The molecule has 0 aliphatic carbocycles. The van der Waals surface area contributed by atoms with Crippen molar-refractivity contribution in [3.63, 3.8) is 0 Å². The first-order chi connectivity index (χ1) is 10.6. The van der Waals surface area contributed by atoms with Crippen LogP contribution in [-0.2, 0) is 4.79 Å². The Balaban J connectivity index is 2.02. The third-order valence-corrected chi connectivity index (χ3v) is 2.94. The zero-order chi connectivity index (χ0) is 15.9.